The summed E-state index contributed by atoms with van der Waals surface area (Å²) in [5.41, 5.74) is 2.93. The first-order valence-electron chi connectivity index (χ1n) is 9.18. The smallest absolute Gasteiger partial charge is 0.345 e. The second kappa shape index (κ2) is 8.39. The van der Waals surface area contributed by atoms with Crippen LogP contribution in [-0.2, 0) is 11.2 Å². The summed E-state index contributed by atoms with van der Waals surface area (Å²) in [5.74, 6) is 0.690. The Morgan fingerprint density at radius 1 is 1.11 bits per heavy atom. The van der Waals surface area contributed by atoms with E-state index in [-0.39, 0.29) is 6.04 Å². The van der Waals surface area contributed by atoms with Crippen LogP contribution in [0.25, 0.3) is 10.9 Å². The Morgan fingerprint density at radius 2 is 1.96 bits per heavy atom. The Labute approximate surface area is 161 Å². The highest BCUT2D eigenvalue weighted by atomic mass is 19.3. The molecule has 1 aromatic carbocycles. The number of benzene rings is 1. The van der Waals surface area contributed by atoms with E-state index in [1.54, 1.807) is 12.4 Å². The zero-order valence-corrected chi connectivity index (χ0v) is 15.1. The maximum absolute atomic E-state index is 12.7. The molecule has 1 N–H and O–H groups in total. The molecule has 0 saturated carbocycles. The van der Waals surface area contributed by atoms with Crippen molar-refractivity contribution in [2.45, 2.75) is 38.0 Å². The van der Waals surface area contributed by atoms with Crippen LogP contribution in [0.5, 0.6) is 0 Å². The van der Waals surface area contributed by atoms with Gasteiger partial charge in [0.25, 0.3) is 0 Å². The number of nitrogens with zero attached hydrogens (tertiary/aromatic N) is 3. The highest BCUT2D eigenvalue weighted by Crippen LogP contribution is 2.29. The van der Waals surface area contributed by atoms with Gasteiger partial charge in [0.1, 0.15) is 12.1 Å². The molecule has 0 radical (unpaired) electrons. The first-order valence-corrected chi connectivity index (χ1v) is 9.18. The number of aromatic nitrogens is 3. The molecule has 3 aromatic rings. The molecular weight excluding hydrogens is 362 g/mol. The number of pyridine rings is 1. The van der Waals surface area contributed by atoms with Crippen molar-refractivity contribution in [3.05, 3.63) is 72.3 Å². The summed E-state index contributed by atoms with van der Waals surface area (Å²) in [4.78, 5) is 12.8. The zero-order valence-electron chi connectivity index (χ0n) is 15.1. The normalized spacial score (nSPS) is 19.6. The topological polar surface area (TPSA) is 59.9 Å². The molecule has 144 valence electrons. The van der Waals surface area contributed by atoms with E-state index in [1.807, 2.05) is 42.5 Å². The SMILES string of the molecule is FC(F)OC1C=C(Cc2ccccc2)C(Nc2ncnc3ccncc23)CC1. The van der Waals surface area contributed by atoms with E-state index in [1.165, 1.54) is 6.33 Å². The van der Waals surface area contributed by atoms with Gasteiger partial charge in [-0.25, -0.2) is 9.97 Å². The summed E-state index contributed by atoms with van der Waals surface area (Å²) in [5, 5.41) is 4.29. The molecule has 0 fully saturated rings. The monoisotopic (exact) mass is 382 g/mol. The van der Waals surface area contributed by atoms with Crippen molar-refractivity contribution in [3.63, 3.8) is 0 Å². The van der Waals surface area contributed by atoms with Crippen molar-refractivity contribution in [2.75, 3.05) is 5.32 Å². The van der Waals surface area contributed by atoms with E-state index in [2.05, 4.69) is 20.3 Å². The third-order valence-electron chi connectivity index (χ3n) is 4.86. The number of halogens is 2. The van der Waals surface area contributed by atoms with Crippen molar-refractivity contribution in [1.29, 1.82) is 0 Å². The van der Waals surface area contributed by atoms with Crippen molar-refractivity contribution in [2.24, 2.45) is 0 Å². The van der Waals surface area contributed by atoms with Gasteiger partial charge in [-0.15, -0.1) is 0 Å². The van der Waals surface area contributed by atoms with E-state index < -0.39 is 12.7 Å². The van der Waals surface area contributed by atoms with Crippen LogP contribution < -0.4 is 5.32 Å². The molecule has 0 spiro atoms. The van der Waals surface area contributed by atoms with Gasteiger partial charge in [-0.2, -0.15) is 8.78 Å². The lowest BCUT2D eigenvalue weighted by Crippen LogP contribution is -2.32. The molecule has 28 heavy (non-hydrogen) atoms. The predicted octanol–water partition coefficient (Wildman–Crippen LogP) is 4.38. The summed E-state index contributed by atoms with van der Waals surface area (Å²) < 4.78 is 30.2. The van der Waals surface area contributed by atoms with Crippen molar-refractivity contribution < 1.29 is 13.5 Å². The van der Waals surface area contributed by atoms with E-state index in [9.17, 15) is 8.78 Å². The van der Waals surface area contributed by atoms with Gasteiger partial charge in [-0.3, -0.25) is 4.98 Å². The fourth-order valence-electron chi connectivity index (χ4n) is 3.55. The second-order valence-corrected chi connectivity index (χ2v) is 6.73. The second-order valence-electron chi connectivity index (χ2n) is 6.73. The standard InChI is InChI=1S/C21H20F2N4O/c22-21(23)28-16-6-7-18(15(11-16)10-14-4-2-1-3-5-14)27-20-17-12-24-9-8-19(17)25-13-26-20/h1-5,8-9,11-13,16,18,21H,6-7,10H2,(H,25,26,27). The van der Waals surface area contributed by atoms with Crippen LogP contribution in [0.3, 0.4) is 0 Å². The van der Waals surface area contributed by atoms with E-state index in [0.29, 0.717) is 25.1 Å². The number of fused-ring (bicyclic) bond motifs is 1. The maximum atomic E-state index is 12.7. The molecule has 0 bridgehead atoms. The van der Waals surface area contributed by atoms with Gasteiger partial charge in [-0.1, -0.05) is 36.4 Å². The molecular formula is C21H20F2N4O. The zero-order chi connectivity index (χ0) is 19.3. The lowest BCUT2D eigenvalue weighted by Gasteiger charge is -2.30. The summed E-state index contributed by atoms with van der Waals surface area (Å²) >= 11 is 0. The van der Waals surface area contributed by atoms with Gasteiger partial charge in [0.05, 0.1) is 17.0 Å². The van der Waals surface area contributed by atoms with Gasteiger partial charge >= 0.3 is 6.61 Å². The highest BCUT2D eigenvalue weighted by molar-refractivity contribution is 5.88. The predicted molar refractivity (Wildman–Crippen MR) is 103 cm³/mol. The first-order chi connectivity index (χ1) is 13.7. The summed E-state index contributed by atoms with van der Waals surface area (Å²) in [6.07, 6.45) is 8.00. The van der Waals surface area contributed by atoms with Gasteiger partial charge in [-0.05, 0) is 36.5 Å². The first kappa shape index (κ1) is 18.4. The van der Waals surface area contributed by atoms with Gasteiger partial charge in [0.2, 0.25) is 0 Å². The lowest BCUT2D eigenvalue weighted by atomic mass is 9.88. The van der Waals surface area contributed by atoms with Crippen LogP contribution in [0.4, 0.5) is 14.6 Å². The Bertz CT molecular complexity index is 960. The van der Waals surface area contributed by atoms with Crippen LogP contribution in [-0.4, -0.2) is 33.7 Å². The number of alkyl halides is 2. The number of nitrogens with one attached hydrogen (secondary N) is 1. The van der Waals surface area contributed by atoms with Crippen LogP contribution in [0.2, 0.25) is 0 Å². The van der Waals surface area contributed by atoms with Gasteiger partial charge in [0.15, 0.2) is 0 Å². The summed E-state index contributed by atoms with van der Waals surface area (Å²) in [7, 11) is 0. The Balaban J connectivity index is 1.62. The van der Waals surface area contributed by atoms with Crippen LogP contribution in [0, 0.1) is 0 Å². The fraction of sp³-hybridized carbons (Fsp3) is 0.286. The molecule has 4 rings (SSSR count). The quantitative estimate of drug-likeness (QED) is 0.641. The minimum Gasteiger partial charge on any atom is -0.363 e. The lowest BCUT2D eigenvalue weighted by molar-refractivity contribution is -0.152. The van der Waals surface area contributed by atoms with Gasteiger partial charge in [0, 0.05) is 18.4 Å². The Morgan fingerprint density at radius 3 is 2.79 bits per heavy atom. The molecule has 0 aliphatic heterocycles. The molecule has 0 amide bonds. The maximum Gasteiger partial charge on any atom is 0.345 e. The number of ether oxygens (including phenoxy) is 1. The van der Waals surface area contributed by atoms with Gasteiger partial charge < -0.3 is 10.1 Å². The summed E-state index contributed by atoms with van der Waals surface area (Å²) in [6, 6.07) is 11.7. The van der Waals surface area contributed by atoms with Crippen molar-refractivity contribution >= 4 is 16.7 Å². The Hall–Kier alpha value is -2.93. The largest absolute Gasteiger partial charge is 0.363 e. The fourth-order valence-corrected chi connectivity index (χ4v) is 3.55. The number of hydrogen-bond acceptors (Lipinski definition) is 5. The minimum absolute atomic E-state index is 0.0314. The number of rotatable bonds is 6. The number of hydrogen-bond donors (Lipinski definition) is 1. The molecule has 1 aliphatic carbocycles. The van der Waals surface area contributed by atoms with Crippen molar-refractivity contribution in [3.8, 4) is 0 Å². The number of anilines is 1. The molecule has 2 aromatic heterocycles. The molecule has 0 saturated heterocycles. The molecule has 2 unspecified atom stereocenters. The molecule has 2 heterocycles. The highest BCUT2D eigenvalue weighted by Gasteiger charge is 2.26. The molecule has 2 atom stereocenters. The Kier molecular flexibility index (Phi) is 5.53. The van der Waals surface area contributed by atoms with Crippen LogP contribution in [0.1, 0.15) is 18.4 Å². The van der Waals surface area contributed by atoms with E-state index >= 15 is 0 Å². The van der Waals surface area contributed by atoms with Crippen LogP contribution >= 0.6 is 0 Å². The molecule has 1 aliphatic rings. The minimum atomic E-state index is -2.78. The summed E-state index contributed by atoms with van der Waals surface area (Å²) in [6.45, 7) is -2.78. The molecule has 5 nitrogen and oxygen atoms in total. The average Bonchev–Trinajstić information content (AvgIpc) is 2.70. The third-order valence-corrected chi connectivity index (χ3v) is 4.86. The average molecular weight is 382 g/mol. The molecule has 7 heteroatoms. The van der Waals surface area contributed by atoms with Crippen LogP contribution in [0.15, 0.2) is 66.8 Å². The van der Waals surface area contributed by atoms with Crippen molar-refractivity contribution in [1.82, 2.24) is 15.0 Å². The van der Waals surface area contributed by atoms with E-state index in [4.69, 9.17) is 4.74 Å². The third kappa shape index (κ3) is 4.31. The van der Waals surface area contributed by atoms with E-state index in [0.717, 1.165) is 22.0 Å².